The molecular weight excluding hydrogens is 274 g/mol. The molecule has 0 radical (unpaired) electrons. The predicted octanol–water partition coefficient (Wildman–Crippen LogP) is 2.55. The van der Waals surface area contributed by atoms with E-state index in [9.17, 15) is 8.42 Å². The fourth-order valence-electron chi connectivity index (χ4n) is 2.05. The van der Waals surface area contributed by atoms with Crippen LogP contribution in [-0.2, 0) is 10.0 Å². The highest BCUT2D eigenvalue weighted by Crippen LogP contribution is 2.23. The lowest BCUT2D eigenvalue weighted by Crippen LogP contribution is -2.14. The topological polar surface area (TPSA) is 88.0 Å². The van der Waals surface area contributed by atoms with Crippen LogP contribution in [-0.4, -0.2) is 13.4 Å². The van der Waals surface area contributed by atoms with Crippen molar-refractivity contribution in [3.63, 3.8) is 0 Å². The van der Waals surface area contributed by atoms with Gasteiger partial charge < -0.3 is 10.7 Å². The molecular formula is C14H13N3O2S. The van der Waals surface area contributed by atoms with Crippen LogP contribution in [0.15, 0.2) is 59.5 Å². The zero-order chi connectivity index (χ0) is 14.2. The van der Waals surface area contributed by atoms with Gasteiger partial charge in [0.2, 0.25) is 0 Å². The Labute approximate surface area is 116 Å². The first-order chi connectivity index (χ1) is 9.56. The van der Waals surface area contributed by atoms with Gasteiger partial charge in [0.25, 0.3) is 10.0 Å². The molecule has 0 atom stereocenters. The third kappa shape index (κ3) is 2.21. The van der Waals surface area contributed by atoms with Gasteiger partial charge in [-0.05, 0) is 24.3 Å². The number of fused-ring (bicyclic) bond motifs is 1. The Morgan fingerprint density at radius 3 is 2.45 bits per heavy atom. The summed E-state index contributed by atoms with van der Waals surface area (Å²) in [5.74, 6) is 0.412. The summed E-state index contributed by atoms with van der Waals surface area (Å²) in [5.41, 5.74) is 6.79. The fourth-order valence-corrected chi connectivity index (χ4v) is 3.20. The number of rotatable bonds is 3. The number of aromatic nitrogens is 1. The standard InChI is InChI=1S/C14H13N3O2S/c15-11-6-2-4-8-13(11)20(18,19)17-14-9-10-5-1-3-7-12(10)16-14/h1-9,16-17H,15H2. The number of hydrogen-bond donors (Lipinski definition) is 3. The van der Waals surface area contributed by atoms with Gasteiger partial charge in [0.1, 0.15) is 10.7 Å². The van der Waals surface area contributed by atoms with Gasteiger partial charge in [-0.2, -0.15) is 0 Å². The Morgan fingerprint density at radius 1 is 1.00 bits per heavy atom. The van der Waals surface area contributed by atoms with E-state index in [-0.39, 0.29) is 10.6 Å². The lowest BCUT2D eigenvalue weighted by molar-refractivity contribution is 0.601. The van der Waals surface area contributed by atoms with Gasteiger partial charge in [-0.25, -0.2) is 8.42 Å². The van der Waals surface area contributed by atoms with Crippen LogP contribution < -0.4 is 10.5 Å². The minimum absolute atomic E-state index is 0.0682. The summed E-state index contributed by atoms with van der Waals surface area (Å²) in [6.45, 7) is 0. The van der Waals surface area contributed by atoms with Crippen LogP contribution in [0.25, 0.3) is 10.9 Å². The molecule has 0 unspecified atom stereocenters. The number of sulfonamides is 1. The van der Waals surface area contributed by atoms with Gasteiger partial charge in [-0.3, -0.25) is 4.72 Å². The summed E-state index contributed by atoms with van der Waals surface area (Å²) in [6.07, 6.45) is 0. The second-order valence-corrected chi connectivity index (χ2v) is 6.06. The molecule has 0 aliphatic heterocycles. The molecule has 5 nitrogen and oxygen atoms in total. The van der Waals surface area contributed by atoms with Crippen LogP contribution in [0.3, 0.4) is 0 Å². The second kappa shape index (κ2) is 4.57. The molecule has 0 fully saturated rings. The molecule has 0 aliphatic carbocycles. The van der Waals surface area contributed by atoms with Gasteiger partial charge in [0, 0.05) is 10.9 Å². The van der Waals surface area contributed by atoms with Crippen LogP contribution >= 0.6 is 0 Å². The molecule has 0 aliphatic rings. The van der Waals surface area contributed by atoms with Crippen molar-refractivity contribution in [2.75, 3.05) is 10.5 Å². The Morgan fingerprint density at radius 2 is 1.70 bits per heavy atom. The lowest BCUT2D eigenvalue weighted by Gasteiger charge is -2.08. The first-order valence-corrected chi connectivity index (χ1v) is 7.50. The molecule has 1 aromatic heterocycles. The Kier molecular flexibility index (Phi) is 2.87. The van der Waals surface area contributed by atoms with Crippen LogP contribution in [0.2, 0.25) is 0 Å². The number of nitrogen functional groups attached to an aromatic ring is 1. The average molecular weight is 287 g/mol. The van der Waals surface area contributed by atoms with Crippen molar-refractivity contribution in [1.29, 1.82) is 0 Å². The van der Waals surface area contributed by atoms with E-state index in [1.807, 2.05) is 24.3 Å². The minimum atomic E-state index is -3.70. The van der Waals surface area contributed by atoms with E-state index in [4.69, 9.17) is 5.73 Å². The van der Waals surface area contributed by atoms with Crippen molar-refractivity contribution in [3.05, 3.63) is 54.6 Å². The summed E-state index contributed by atoms with van der Waals surface area (Å²) in [5, 5.41) is 0.936. The number of anilines is 2. The van der Waals surface area contributed by atoms with Crippen LogP contribution in [0.1, 0.15) is 0 Å². The van der Waals surface area contributed by atoms with E-state index < -0.39 is 10.0 Å². The third-order valence-corrected chi connectivity index (χ3v) is 4.42. The van der Waals surface area contributed by atoms with Gasteiger partial charge in [-0.1, -0.05) is 30.3 Å². The Hall–Kier alpha value is -2.47. The van der Waals surface area contributed by atoms with Crippen molar-refractivity contribution in [1.82, 2.24) is 4.98 Å². The number of para-hydroxylation sites is 2. The fraction of sp³-hybridized carbons (Fsp3) is 0. The van der Waals surface area contributed by atoms with E-state index >= 15 is 0 Å². The molecule has 3 aromatic rings. The first kappa shape index (κ1) is 12.6. The number of nitrogens with one attached hydrogen (secondary N) is 2. The number of benzene rings is 2. The van der Waals surface area contributed by atoms with E-state index in [1.54, 1.807) is 24.3 Å². The number of H-pyrrole nitrogens is 1. The lowest BCUT2D eigenvalue weighted by atomic mass is 10.3. The predicted molar refractivity (Wildman–Crippen MR) is 80.0 cm³/mol. The summed E-state index contributed by atoms with van der Waals surface area (Å²) in [4.78, 5) is 3.08. The molecule has 0 saturated heterocycles. The smallest absolute Gasteiger partial charge is 0.265 e. The molecule has 0 spiro atoms. The summed E-state index contributed by atoms with van der Waals surface area (Å²) < 4.78 is 27.1. The van der Waals surface area contributed by atoms with Crippen LogP contribution in [0, 0.1) is 0 Å². The highest BCUT2D eigenvalue weighted by atomic mass is 32.2. The molecule has 0 amide bonds. The van der Waals surface area contributed by atoms with Crippen molar-refractivity contribution < 1.29 is 8.42 Å². The van der Waals surface area contributed by atoms with Gasteiger partial charge in [0.15, 0.2) is 0 Å². The highest BCUT2D eigenvalue weighted by molar-refractivity contribution is 7.92. The SMILES string of the molecule is Nc1ccccc1S(=O)(=O)Nc1cc2ccccc2[nH]1. The van der Waals surface area contributed by atoms with Gasteiger partial charge in [-0.15, -0.1) is 0 Å². The van der Waals surface area contributed by atoms with E-state index in [1.165, 1.54) is 6.07 Å². The zero-order valence-electron chi connectivity index (χ0n) is 10.5. The maximum absolute atomic E-state index is 12.3. The van der Waals surface area contributed by atoms with Crippen LogP contribution in [0.4, 0.5) is 11.5 Å². The van der Waals surface area contributed by atoms with Crippen molar-refractivity contribution in [2.24, 2.45) is 0 Å². The average Bonchev–Trinajstić information content (AvgIpc) is 2.80. The third-order valence-electron chi connectivity index (χ3n) is 2.98. The van der Waals surface area contributed by atoms with E-state index in [0.717, 1.165) is 10.9 Å². The molecule has 20 heavy (non-hydrogen) atoms. The van der Waals surface area contributed by atoms with Crippen LogP contribution in [0.5, 0.6) is 0 Å². The molecule has 0 saturated carbocycles. The first-order valence-electron chi connectivity index (χ1n) is 6.01. The molecule has 1 heterocycles. The quantitative estimate of drug-likeness (QED) is 0.647. The van der Waals surface area contributed by atoms with Crippen molar-refractivity contribution >= 4 is 32.4 Å². The maximum Gasteiger partial charge on any atom is 0.265 e. The molecule has 0 bridgehead atoms. The monoisotopic (exact) mass is 287 g/mol. The molecule has 3 rings (SSSR count). The highest BCUT2D eigenvalue weighted by Gasteiger charge is 2.17. The normalized spacial score (nSPS) is 11.6. The Bertz CT molecular complexity index is 836. The summed E-state index contributed by atoms with van der Waals surface area (Å²) in [6, 6.07) is 15.7. The van der Waals surface area contributed by atoms with Gasteiger partial charge in [0.05, 0.1) is 5.69 Å². The summed E-state index contributed by atoms with van der Waals surface area (Å²) in [7, 11) is -3.70. The number of hydrogen-bond acceptors (Lipinski definition) is 3. The Balaban J connectivity index is 1.99. The van der Waals surface area contributed by atoms with E-state index in [0.29, 0.717) is 5.82 Å². The molecule has 102 valence electrons. The molecule has 4 N–H and O–H groups in total. The second-order valence-electron chi connectivity index (χ2n) is 4.41. The van der Waals surface area contributed by atoms with E-state index in [2.05, 4.69) is 9.71 Å². The largest absolute Gasteiger partial charge is 0.398 e. The summed E-state index contributed by atoms with van der Waals surface area (Å²) >= 11 is 0. The zero-order valence-corrected chi connectivity index (χ0v) is 11.3. The van der Waals surface area contributed by atoms with Crippen molar-refractivity contribution in [2.45, 2.75) is 4.90 Å². The van der Waals surface area contributed by atoms with Gasteiger partial charge >= 0.3 is 0 Å². The number of aromatic amines is 1. The maximum atomic E-state index is 12.3. The molecule has 6 heteroatoms. The molecule has 2 aromatic carbocycles. The number of nitrogens with two attached hydrogens (primary N) is 1. The minimum Gasteiger partial charge on any atom is -0.398 e. The van der Waals surface area contributed by atoms with Crippen molar-refractivity contribution in [3.8, 4) is 0 Å².